The summed E-state index contributed by atoms with van der Waals surface area (Å²) in [6.45, 7) is 0. The van der Waals surface area contributed by atoms with Crippen molar-refractivity contribution in [2.75, 3.05) is 0 Å². The Hall–Kier alpha value is -2.45. The molecule has 0 aromatic rings. The maximum Gasteiger partial charge on any atom is 0.509 e. The number of hydrogen-bond acceptors (Lipinski definition) is 9. The second-order valence-corrected chi connectivity index (χ2v) is 4.62. The van der Waals surface area contributed by atoms with Gasteiger partial charge in [-0.1, -0.05) is 0 Å². The van der Waals surface area contributed by atoms with Crippen molar-refractivity contribution in [1.29, 1.82) is 0 Å². The largest absolute Gasteiger partial charge is 0.509 e. The summed E-state index contributed by atoms with van der Waals surface area (Å²) in [6, 6.07) is 0. The Labute approximate surface area is 111 Å². The summed E-state index contributed by atoms with van der Waals surface area (Å²) in [7, 11) is 0. The Kier molecular flexibility index (Phi) is 2.70. The van der Waals surface area contributed by atoms with Crippen molar-refractivity contribution in [2.24, 2.45) is 11.8 Å². The van der Waals surface area contributed by atoms with Crippen molar-refractivity contribution >= 4 is 30.0 Å². The molecule has 3 saturated heterocycles. The third-order valence-electron chi connectivity index (χ3n) is 3.39. The summed E-state index contributed by atoms with van der Waals surface area (Å²) in [5, 5.41) is 0. The summed E-state index contributed by atoms with van der Waals surface area (Å²) in [5.74, 6) is -5.26. The Morgan fingerprint density at radius 1 is 0.700 bits per heavy atom. The number of cyclic esters (lactones) is 6. The van der Waals surface area contributed by atoms with Gasteiger partial charge in [-0.25, -0.2) is 4.79 Å². The predicted molar refractivity (Wildman–Crippen MR) is 53.6 cm³/mol. The molecule has 4 atom stereocenters. The lowest BCUT2D eigenvalue weighted by Crippen LogP contribution is -2.40. The zero-order valence-electron chi connectivity index (χ0n) is 9.90. The maximum absolute atomic E-state index is 11.5. The molecule has 20 heavy (non-hydrogen) atoms. The van der Waals surface area contributed by atoms with E-state index in [1.54, 1.807) is 0 Å². The van der Waals surface area contributed by atoms with Crippen molar-refractivity contribution in [1.82, 2.24) is 0 Å². The average Bonchev–Trinajstić information content (AvgIpc) is 2.97. The molecule has 3 rings (SSSR count). The molecule has 0 saturated carbocycles. The lowest BCUT2D eigenvalue weighted by Gasteiger charge is -2.20. The van der Waals surface area contributed by atoms with E-state index in [9.17, 15) is 24.0 Å². The predicted octanol–water partition coefficient (Wildman–Crippen LogP) is -0.930. The minimum Gasteiger partial charge on any atom is -0.426 e. The van der Waals surface area contributed by atoms with E-state index in [0.717, 1.165) is 0 Å². The number of carbonyl (C=O) groups is 5. The van der Waals surface area contributed by atoms with Crippen LogP contribution >= 0.6 is 0 Å². The molecule has 4 unspecified atom stereocenters. The zero-order chi connectivity index (χ0) is 14.4. The van der Waals surface area contributed by atoms with Crippen molar-refractivity contribution in [3.05, 3.63) is 0 Å². The van der Waals surface area contributed by atoms with Gasteiger partial charge < -0.3 is 18.9 Å². The normalized spacial score (nSPS) is 36.7. The molecule has 3 aliphatic rings. The number of hydrogen-bond donors (Lipinski definition) is 0. The fourth-order valence-corrected chi connectivity index (χ4v) is 2.49. The number of carbonyl (C=O) groups excluding carboxylic acids is 5. The van der Waals surface area contributed by atoms with Gasteiger partial charge in [0.2, 0.25) is 0 Å². The first-order valence-corrected chi connectivity index (χ1v) is 5.82. The topological polar surface area (TPSA) is 122 Å². The molecule has 9 nitrogen and oxygen atoms in total. The van der Waals surface area contributed by atoms with Crippen LogP contribution in [0.4, 0.5) is 4.79 Å². The number of rotatable bonds is 2. The minimum absolute atomic E-state index is 0.271. The molecule has 0 amide bonds. The third-order valence-corrected chi connectivity index (χ3v) is 3.39. The van der Waals surface area contributed by atoms with Crippen LogP contribution in [0.2, 0.25) is 0 Å². The van der Waals surface area contributed by atoms with Crippen molar-refractivity contribution in [2.45, 2.75) is 25.0 Å². The third kappa shape index (κ3) is 1.91. The Morgan fingerprint density at radius 3 is 1.40 bits per heavy atom. The van der Waals surface area contributed by atoms with Crippen molar-refractivity contribution < 1.29 is 42.9 Å². The van der Waals surface area contributed by atoms with Gasteiger partial charge in [0.1, 0.15) is 11.8 Å². The molecule has 0 aliphatic carbocycles. The van der Waals surface area contributed by atoms with Crippen LogP contribution in [-0.4, -0.2) is 42.2 Å². The number of esters is 4. The molecule has 0 radical (unpaired) electrons. The highest BCUT2D eigenvalue weighted by Crippen LogP contribution is 2.36. The van der Waals surface area contributed by atoms with E-state index in [1.165, 1.54) is 0 Å². The van der Waals surface area contributed by atoms with Crippen LogP contribution in [0.3, 0.4) is 0 Å². The molecular weight excluding hydrogens is 276 g/mol. The summed E-state index contributed by atoms with van der Waals surface area (Å²) in [6.07, 6.45) is -3.91. The van der Waals surface area contributed by atoms with E-state index in [-0.39, 0.29) is 12.8 Å². The summed E-state index contributed by atoms with van der Waals surface area (Å²) < 4.78 is 18.4. The lowest BCUT2D eigenvalue weighted by atomic mass is 9.88. The standard InChI is InChI=1S/C11H8O9/c12-5-1-3(9(14)17-5)7-8(20-11(16)19-7)4-2-6(13)18-10(4)15/h3-4,7-8H,1-2H2. The highest BCUT2D eigenvalue weighted by Gasteiger charge is 2.56. The van der Waals surface area contributed by atoms with Gasteiger partial charge in [0.25, 0.3) is 0 Å². The molecule has 0 bridgehead atoms. The van der Waals surface area contributed by atoms with Gasteiger partial charge in [-0.3, -0.25) is 19.2 Å². The van der Waals surface area contributed by atoms with E-state index < -0.39 is 54.1 Å². The average molecular weight is 284 g/mol. The van der Waals surface area contributed by atoms with Gasteiger partial charge in [0.05, 0.1) is 12.8 Å². The summed E-state index contributed by atoms with van der Waals surface area (Å²) >= 11 is 0. The highest BCUT2D eigenvalue weighted by molar-refractivity contribution is 5.97. The first kappa shape index (κ1) is 12.6. The quantitative estimate of drug-likeness (QED) is 0.359. The van der Waals surface area contributed by atoms with Crippen LogP contribution in [0, 0.1) is 11.8 Å². The van der Waals surface area contributed by atoms with Gasteiger partial charge in [0.15, 0.2) is 12.2 Å². The van der Waals surface area contributed by atoms with E-state index in [2.05, 4.69) is 9.47 Å². The minimum atomic E-state index is -1.15. The molecule has 0 spiro atoms. The van der Waals surface area contributed by atoms with Crippen molar-refractivity contribution in [3.8, 4) is 0 Å². The van der Waals surface area contributed by atoms with E-state index in [4.69, 9.17) is 9.47 Å². The summed E-state index contributed by atoms with van der Waals surface area (Å²) in [5.41, 5.74) is 0. The van der Waals surface area contributed by atoms with Gasteiger partial charge in [0, 0.05) is 0 Å². The van der Waals surface area contributed by atoms with E-state index in [1.807, 2.05) is 0 Å². The van der Waals surface area contributed by atoms with Gasteiger partial charge in [-0.05, 0) is 0 Å². The maximum atomic E-state index is 11.5. The second kappa shape index (κ2) is 4.29. The first-order valence-electron chi connectivity index (χ1n) is 5.82. The molecular formula is C11H8O9. The molecule has 0 aromatic carbocycles. The fourth-order valence-electron chi connectivity index (χ4n) is 2.49. The first-order chi connectivity index (χ1) is 9.45. The SMILES string of the molecule is O=C1CC(C2OC(=O)OC2C2CC(=O)OC2=O)C(=O)O1. The van der Waals surface area contributed by atoms with Crippen LogP contribution in [0.15, 0.2) is 0 Å². The van der Waals surface area contributed by atoms with Gasteiger partial charge in [-0.2, -0.15) is 0 Å². The molecule has 106 valence electrons. The van der Waals surface area contributed by atoms with Gasteiger partial charge in [-0.15, -0.1) is 0 Å². The Balaban J connectivity index is 1.84. The summed E-state index contributed by atoms with van der Waals surface area (Å²) in [4.78, 5) is 56.4. The monoisotopic (exact) mass is 284 g/mol. The fraction of sp³-hybridized carbons (Fsp3) is 0.545. The molecule has 0 N–H and O–H groups in total. The molecule has 3 heterocycles. The molecule has 3 aliphatic heterocycles. The van der Waals surface area contributed by atoms with Crippen LogP contribution in [-0.2, 0) is 38.1 Å². The van der Waals surface area contributed by atoms with Crippen LogP contribution in [0.5, 0.6) is 0 Å². The van der Waals surface area contributed by atoms with Crippen molar-refractivity contribution in [3.63, 3.8) is 0 Å². The molecule has 3 fully saturated rings. The van der Waals surface area contributed by atoms with E-state index >= 15 is 0 Å². The second-order valence-electron chi connectivity index (χ2n) is 4.62. The lowest BCUT2D eigenvalue weighted by molar-refractivity contribution is -0.157. The van der Waals surface area contributed by atoms with Crippen LogP contribution in [0.1, 0.15) is 12.8 Å². The van der Waals surface area contributed by atoms with Crippen LogP contribution in [0.25, 0.3) is 0 Å². The zero-order valence-corrected chi connectivity index (χ0v) is 9.90. The number of ether oxygens (including phenoxy) is 4. The van der Waals surface area contributed by atoms with Crippen LogP contribution < -0.4 is 0 Å². The van der Waals surface area contributed by atoms with E-state index in [0.29, 0.717) is 0 Å². The Bertz CT molecular complexity index is 490. The smallest absolute Gasteiger partial charge is 0.426 e. The van der Waals surface area contributed by atoms with Gasteiger partial charge >= 0.3 is 30.0 Å². The molecule has 0 aromatic heterocycles. The Morgan fingerprint density at radius 2 is 1.10 bits per heavy atom. The molecule has 9 heteroatoms. The highest BCUT2D eigenvalue weighted by atomic mass is 16.8.